The number of hydrogen-bond donors (Lipinski definition) is 0. The molecule has 0 unspecified atom stereocenters. The number of benzene rings is 3. The van der Waals surface area contributed by atoms with Gasteiger partial charge >= 0.3 is 30.4 Å². The highest BCUT2D eigenvalue weighted by molar-refractivity contribution is 7.98. The summed E-state index contributed by atoms with van der Waals surface area (Å²) in [6, 6.07) is 11.6. The van der Waals surface area contributed by atoms with Crippen LogP contribution in [0.15, 0.2) is 58.2 Å². The van der Waals surface area contributed by atoms with Crippen LogP contribution in [0.3, 0.4) is 0 Å². The fraction of sp³-hybridized carbons (Fsp3) is 0.259. The van der Waals surface area contributed by atoms with Gasteiger partial charge in [-0.1, -0.05) is 30.0 Å². The molecule has 19 heteroatoms. The first-order valence-corrected chi connectivity index (χ1v) is 19.4. The lowest BCUT2D eigenvalue weighted by atomic mass is 9.96. The van der Waals surface area contributed by atoms with Crippen molar-refractivity contribution in [2.45, 2.75) is 11.8 Å². The van der Waals surface area contributed by atoms with E-state index in [0.29, 0.717) is 16.3 Å². The van der Waals surface area contributed by atoms with E-state index in [1.165, 1.54) is 74.5 Å². The van der Waals surface area contributed by atoms with Gasteiger partial charge in [-0.3, -0.25) is 0 Å². The van der Waals surface area contributed by atoms with Gasteiger partial charge in [-0.25, -0.2) is 0 Å². The smallest absolute Gasteiger partial charge is 0.306 e. The van der Waals surface area contributed by atoms with E-state index in [0.717, 1.165) is 18.8 Å². The Morgan fingerprint density at radius 2 is 1.33 bits per heavy atom. The highest BCUT2D eigenvalue weighted by Crippen LogP contribution is 2.51. The Bertz CT molecular complexity index is 2060. The molecule has 248 valence electrons. The first-order valence-electron chi connectivity index (χ1n) is 12.7. The molecule has 0 saturated carbocycles. The van der Waals surface area contributed by atoms with Crippen molar-refractivity contribution in [2.24, 2.45) is 0 Å². The van der Waals surface area contributed by atoms with Crippen molar-refractivity contribution in [3.8, 4) is 56.8 Å². The van der Waals surface area contributed by atoms with Crippen LogP contribution in [-0.2, 0) is 37.0 Å². The molecular formula is C27H28N2O13S4. The van der Waals surface area contributed by atoms with Crippen LogP contribution in [0, 0.1) is 0 Å². The van der Waals surface area contributed by atoms with Crippen molar-refractivity contribution < 1.29 is 56.4 Å². The zero-order valence-electron chi connectivity index (χ0n) is 25.2. The first-order chi connectivity index (χ1) is 21.5. The van der Waals surface area contributed by atoms with Gasteiger partial charge in [0.1, 0.15) is 11.5 Å². The molecule has 0 N–H and O–H groups in total. The number of nitrogens with zero attached hydrogens (tertiary/aromatic N) is 2. The van der Waals surface area contributed by atoms with Gasteiger partial charge in [0.05, 0.1) is 38.6 Å². The van der Waals surface area contributed by atoms with Crippen LogP contribution >= 0.6 is 11.8 Å². The van der Waals surface area contributed by atoms with Crippen molar-refractivity contribution in [1.29, 1.82) is 0 Å². The molecule has 0 aliphatic rings. The number of methoxy groups -OCH3 is 2. The minimum atomic E-state index is -4.18. The van der Waals surface area contributed by atoms with E-state index in [9.17, 15) is 25.3 Å². The van der Waals surface area contributed by atoms with Gasteiger partial charge in [0, 0.05) is 5.56 Å². The maximum absolute atomic E-state index is 12.5. The van der Waals surface area contributed by atoms with Gasteiger partial charge in [-0.2, -0.15) is 25.3 Å². The second-order valence-corrected chi connectivity index (χ2v) is 14.8. The molecule has 3 aromatic carbocycles. The summed E-state index contributed by atoms with van der Waals surface area (Å²) in [4.78, 5) is 0. The topological polar surface area (TPSA) is 197 Å². The summed E-state index contributed by atoms with van der Waals surface area (Å²) in [6.07, 6.45) is 4.33. The van der Waals surface area contributed by atoms with Crippen LogP contribution in [0.5, 0.6) is 34.5 Å². The molecule has 15 nitrogen and oxygen atoms in total. The molecule has 0 atom stereocenters. The lowest BCUT2D eigenvalue weighted by molar-refractivity contribution is 0.247. The Hall–Kier alpha value is -4.20. The van der Waals surface area contributed by atoms with Gasteiger partial charge < -0.3 is 31.2 Å². The number of rotatable bonds is 14. The SMILES string of the molecule is COc1cc(-c2ccc(OS(C)(=O)=O)cc2)c(OC)c(OS(C)(=O)=O)c1-c1ccc(OCc2nnc(SC)o2)c(OS(C)(=O)=O)c1. The standard InChI is InChI=1S/C27H28N2O13S4/c1-36-22-14-19(16-7-10-18(11-8-16)40-44(4,30)31)25(37-2)26(42-46(6,34)35)24(22)17-9-12-20(21(13-17)41-45(5,32)33)38-15-23-28-29-27(39-23)43-3/h7-14H,15H2,1-6H3. The van der Waals surface area contributed by atoms with E-state index in [2.05, 4.69) is 10.2 Å². The third-order valence-electron chi connectivity index (χ3n) is 5.72. The third-order valence-corrected chi connectivity index (χ3v) is 7.68. The molecule has 1 aromatic heterocycles. The number of ether oxygens (including phenoxy) is 3. The van der Waals surface area contributed by atoms with Crippen molar-refractivity contribution in [2.75, 3.05) is 39.2 Å². The molecule has 0 aliphatic carbocycles. The molecule has 4 aromatic rings. The van der Waals surface area contributed by atoms with Gasteiger partial charge in [0.15, 0.2) is 29.6 Å². The molecule has 0 aliphatic heterocycles. The summed E-state index contributed by atoms with van der Waals surface area (Å²) in [5.41, 5.74) is 1.03. The van der Waals surface area contributed by atoms with Crippen molar-refractivity contribution in [1.82, 2.24) is 10.2 Å². The average Bonchev–Trinajstić information content (AvgIpc) is 3.42. The molecule has 0 amide bonds. The zero-order chi connectivity index (χ0) is 33.9. The monoisotopic (exact) mass is 716 g/mol. The largest absolute Gasteiger partial charge is 0.496 e. The third kappa shape index (κ3) is 8.95. The summed E-state index contributed by atoms with van der Waals surface area (Å²) < 4.78 is 110. The second-order valence-electron chi connectivity index (χ2n) is 9.37. The minimum Gasteiger partial charge on any atom is -0.496 e. The van der Waals surface area contributed by atoms with E-state index in [4.69, 9.17) is 31.2 Å². The Morgan fingerprint density at radius 3 is 1.87 bits per heavy atom. The number of thioether (sulfide) groups is 1. The second kappa shape index (κ2) is 13.7. The molecule has 4 rings (SSSR count). The maximum Gasteiger partial charge on any atom is 0.306 e. The van der Waals surface area contributed by atoms with Gasteiger partial charge in [0.2, 0.25) is 0 Å². The molecule has 0 bridgehead atoms. The van der Waals surface area contributed by atoms with E-state index in [1.807, 2.05) is 0 Å². The van der Waals surface area contributed by atoms with Crippen LogP contribution in [0.2, 0.25) is 0 Å². The fourth-order valence-corrected chi connectivity index (χ4v) is 5.77. The van der Waals surface area contributed by atoms with Crippen LogP contribution < -0.4 is 26.8 Å². The summed E-state index contributed by atoms with van der Waals surface area (Å²) in [5.74, 6) is -0.314. The zero-order valence-corrected chi connectivity index (χ0v) is 28.4. The van der Waals surface area contributed by atoms with Crippen molar-refractivity contribution in [3.05, 3.63) is 54.4 Å². The van der Waals surface area contributed by atoms with Crippen LogP contribution in [0.25, 0.3) is 22.3 Å². The summed E-state index contributed by atoms with van der Waals surface area (Å²) >= 11 is 1.23. The molecule has 0 spiro atoms. The van der Waals surface area contributed by atoms with E-state index < -0.39 is 30.4 Å². The highest BCUT2D eigenvalue weighted by Gasteiger charge is 2.27. The fourth-order valence-electron chi connectivity index (χ4n) is 4.09. The molecule has 0 radical (unpaired) electrons. The average molecular weight is 717 g/mol. The van der Waals surface area contributed by atoms with Crippen LogP contribution in [-0.4, -0.2) is 74.7 Å². The highest BCUT2D eigenvalue weighted by atomic mass is 32.2. The lowest BCUT2D eigenvalue weighted by Crippen LogP contribution is -2.10. The Labute approximate surface area is 270 Å². The van der Waals surface area contributed by atoms with E-state index in [-0.39, 0.29) is 58.1 Å². The maximum atomic E-state index is 12.5. The van der Waals surface area contributed by atoms with Crippen molar-refractivity contribution >= 4 is 42.1 Å². The first kappa shape index (κ1) is 34.7. The van der Waals surface area contributed by atoms with Gasteiger partial charge in [-0.15, -0.1) is 10.2 Å². The van der Waals surface area contributed by atoms with E-state index in [1.54, 1.807) is 6.26 Å². The van der Waals surface area contributed by atoms with Crippen LogP contribution in [0.4, 0.5) is 0 Å². The Kier molecular flexibility index (Phi) is 10.3. The molecule has 0 fully saturated rings. The number of aromatic nitrogens is 2. The molecule has 46 heavy (non-hydrogen) atoms. The minimum absolute atomic E-state index is 0.0115. The summed E-state index contributed by atoms with van der Waals surface area (Å²) in [7, 11) is -9.40. The Morgan fingerprint density at radius 1 is 0.696 bits per heavy atom. The number of hydrogen-bond acceptors (Lipinski definition) is 16. The summed E-state index contributed by atoms with van der Waals surface area (Å²) in [6.45, 7) is -0.213. The Balaban J connectivity index is 1.89. The van der Waals surface area contributed by atoms with Crippen LogP contribution in [0.1, 0.15) is 5.89 Å². The van der Waals surface area contributed by atoms with Gasteiger partial charge in [-0.05, 0) is 47.7 Å². The summed E-state index contributed by atoms with van der Waals surface area (Å²) in [5, 5.41) is 7.99. The normalized spacial score (nSPS) is 12.0. The van der Waals surface area contributed by atoms with E-state index >= 15 is 0 Å². The van der Waals surface area contributed by atoms with Crippen molar-refractivity contribution in [3.63, 3.8) is 0 Å². The predicted octanol–water partition coefficient (Wildman–Crippen LogP) is 3.74. The molecule has 0 saturated heterocycles. The molecule has 1 heterocycles. The predicted molar refractivity (Wildman–Crippen MR) is 167 cm³/mol. The van der Waals surface area contributed by atoms with Gasteiger partial charge in [0.25, 0.3) is 11.1 Å². The molecular weight excluding hydrogens is 689 g/mol. The quantitative estimate of drug-likeness (QED) is 0.135. The lowest BCUT2D eigenvalue weighted by Gasteiger charge is -2.21.